The third-order valence-corrected chi connectivity index (χ3v) is 2.41. The van der Waals surface area contributed by atoms with Gasteiger partial charge in [0, 0.05) is 12.5 Å². The lowest BCUT2D eigenvalue weighted by molar-refractivity contribution is 0.128. The molecule has 5 heteroatoms. The van der Waals surface area contributed by atoms with Crippen molar-refractivity contribution in [3.63, 3.8) is 0 Å². The zero-order valence-electron chi connectivity index (χ0n) is 7.18. The molecule has 0 heterocycles. The van der Waals surface area contributed by atoms with Gasteiger partial charge in [0.15, 0.2) is 0 Å². The maximum atomic E-state index is 12.8. The van der Waals surface area contributed by atoms with Crippen molar-refractivity contribution in [3.05, 3.63) is 34.1 Å². The van der Waals surface area contributed by atoms with Gasteiger partial charge in [0.05, 0.1) is 4.47 Å². The molecule has 0 aliphatic heterocycles. The van der Waals surface area contributed by atoms with E-state index in [4.69, 9.17) is 5.73 Å². The molecule has 0 aromatic heterocycles. The predicted molar refractivity (Wildman–Crippen MR) is 51.6 cm³/mol. The van der Waals surface area contributed by atoms with Crippen molar-refractivity contribution in [1.29, 1.82) is 0 Å². The molecule has 0 aliphatic carbocycles. The molecule has 14 heavy (non-hydrogen) atoms. The second-order valence-electron chi connectivity index (χ2n) is 2.91. The third-order valence-electron chi connectivity index (χ3n) is 1.80. The first-order valence-electron chi connectivity index (χ1n) is 3.99. The molecular formula is C9H9BrF3N. The summed E-state index contributed by atoms with van der Waals surface area (Å²) in [5.41, 5.74) is 5.99. The molecule has 0 radical (unpaired) electrons. The summed E-state index contributed by atoms with van der Waals surface area (Å²) in [5, 5.41) is 0. The fraction of sp³-hybridized carbons (Fsp3) is 0.333. The van der Waals surface area contributed by atoms with E-state index in [0.717, 1.165) is 0 Å². The highest BCUT2D eigenvalue weighted by Gasteiger charge is 2.13. The molecule has 0 saturated heterocycles. The lowest BCUT2D eigenvalue weighted by Gasteiger charge is -2.11. The molecule has 0 unspecified atom stereocenters. The first-order chi connectivity index (χ1) is 6.50. The van der Waals surface area contributed by atoms with Crippen LogP contribution in [0.25, 0.3) is 0 Å². The zero-order chi connectivity index (χ0) is 10.7. The van der Waals surface area contributed by atoms with Gasteiger partial charge in [0.1, 0.15) is 5.82 Å². The van der Waals surface area contributed by atoms with Crippen molar-refractivity contribution in [1.82, 2.24) is 0 Å². The van der Waals surface area contributed by atoms with Gasteiger partial charge in [-0.1, -0.05) is 6.07 Å². The van der Waals surface area contributed by atoms with Gasteiger partial charge < -0.3 is 5.73 Å². The van der Waals surface area contributed by atoms with Crippen molar-refractivity contribution < 1.29 is 13.2 Å². The SMILES string of the molecule is N[C@H](CC(F)F)c1ccc(F)c(Br)c1. The smallest absolute Gasteiger partial charge is 0.240 e. The van der Waals surface area contributed by atoms with E-state index in [-0.39, 0.29) is 4.47 Å². The normalized spacial score (nSPS) is 13.3. The Balaban J connectivity index is 2.80. The molecule has 1 rings (SSSR count). The Bertz CT molecular complexity index is 317. The summed E-state index contributed by atoms with van der Waals surface area (Å²) < 4.78 is 37.0. The van der Waals surface area contributed by atoms with E-state index < -0.39 is 24.7 Å². The van der Waals surface area contributed by atoms with E-state index in [9.17, 15) is 13.2 Å². The summed E-state index contributed by atoms with van der Waals surface area (Å²) in [5.74, 6) is -0.432. The molecule has 78 valence electrons. The van der Waals surface area contributed by atoms with Gasteiger partial charge in [-0.2, -0.15) is 0 Å². The molecule has 1 aromatic rings. The van der Waals surface area contributed by atoms with Crippen molar-refractivity contribution >= 4 is 15.9 Å². The predicted octanol–water partition coefficient (Wildman–Crippen LogP) is 3.24. The van der Waals surface area contributed by atoms with Crippen LogP contribution in [0.15, 0.2) is 22.7 Å². The summed E-state index contributed by atoms with van der Waals surface area (Å²) in [4.78, 5) is 0. The number of hydrogen-bond donors (Lipinski definition) is 1. The van der Waals surface area contributed by atoms with E-state index in [2.05, 4.69) is 15.9 Å². The first kappa shape index (κ1) is 11.5. The Morgan fingerprint density at radius 2 is 2.00 bits per heavy atom. The minimum atomic E-state index is -2.45. The molecule has 0 fully saturated rings. The molecule has 1 atom stereocenters. The molecule has 0 spiro atoms. The number of hydrogen-bond acceptors (Lipinski definition) is 1. The van der Waals surface area contributed by atoms with Crippen LogP contribution >= 0.6 is 15.9 Å². The maximum absolute atomic E-state index is 12.8. The van der Waals surface area contributed by atoms with E-state index in [1.807, 2.05) is 0 Å². The standard InChI is InChI=1S/C9H9BrF3N/c10-6-3-5(1-2-7(6)11)8(14)4-9(12)13/h1-3,8-9H,4,14H2/t8-/m1/s1. The van der Waals surface area contributed by atoms with E-state index in [0.29, 0.717) is 5.56 Å². The fourth-order valence-corrected chi connectivity index (χ4v) is 1.47. The van der Waals surface area contributed by atoms with Crippen LogP contribution in [0, 0.1) is 5.82 Å². The first-order valence-corrected chi connectivity index (χ1v) is 4.78. The van der Waals surface area contributed by atoms with Gasteiger partial charge in [-0.05, 0) is 33.6 Å². The number of alkyl halides is 2. The van der Waals surface area contributed by atoms with Gasteiger partial charge in [0.25, 0.3) is 0 Å². The number of rotatable bonds is 3. The van der Waals surface area contributed by atoms with Crippen LogP contribution in [0.5, 0.6) is 0 Å². The van der Waals surface area contributed by atoms with Gasteiger partial charge in [-0.15, -0.1) is 0 Å². The highest BCUT2D eigenvalue weighted by atomic mass is 79.9. The largest absolute Gasteiger partial charge is 0.324 e. The summed E-state index contributed by atoms with van der Waals surface area (Å²) in [6.45, 7) is 0. The van der Waals surface area contributed by atoms with Gasteiger partial charge in [-0.3, -0.25) is 0 Å². The van der Waals surface area contributed by atoms with Crippen molar-refractivity contribution in [2.75, 3.05) is 0 Å². The van der Waals surface area contributed by atoms with Crippen LogP contribution in [0.2, 0.25) is 0 Å². The summed E-state index contributed by atoms with van der Waals surface area (Å²) in [7, 11) is 0. The van der Waals surface area contributed by atoms with Crippen LogP contribution in [-0.2, 0) is 0 Å². The highest BCUT2D eigenvalue weighted by Crippen LogP contribution is 2.23. The minimum absolute atomic E-state index is 0.236. The summed E-state index contributed by atoms with van der Waals surface area (Å²) >= 11 is 2.96. The lowest BCUT2D eigenvalue weighted by atomic mass is 10.1. The summed E-state index contributed by atoms with van der Waals surface area (Å²) in [6, 6.07) is 3.27. The molecule has 0 aliphatic rings. The second-order valence-corrected chi connectivity index (χ2v) is 3.76. The van der Waals surface area contributed by atoms with Gasteiger partial charge in [-0.25, -0.2) is 13.2 Å². The molecule has 1 aromatic carbocycles. The summed E-state index contributed by atoms with van der Waals surface area (Å²) in [6.07, 6.45) is -2.87. The average molecular weight is 268 g/mol. The Labute approximate surface area is 88.2 Å². The van der Waals surface area contributed by atoms with Crippen molar-refractivity contribution in [3.8, 4) is 0 Å². The maximum Gasteiger partial charge on any atom is 0.240 e. The topological polar surface area (TPSA) is 26.0 Å². The Kier molecular flexibility index (Phi) is 3.95. The van der Waals surface area contributed by atoms with Crippen LogP contribution < -0.4 is 5.73 Å². The fourth-order valence-electron chi connectivity index (χ4n) is 1.07. The van der Waals surface area contributed by atoms with Gasteiger partial charge >= 0.3 is 0 Å². The quantitative estimate of drug-likeness (QED) is 0.894. The lowest BCUT2D eigenvalue weighted by Crippen LogP contribution is -2.14. The minimum Gasteiger partial charge on any atom is -0.324 e. The average Bonchev–Trinajstić information content (AvgIpc) is 2.08. The van der Waals surface area contributed by atoms with Crippen LogP contribution in [0.1, 0.15) is 18.0 Å². The van der Waals surface area contributed by atoms with Crippen LogP contribution in [0.4, 0.5) is 13.2 Å². The van der Waals surface area contributed by atoms with Crippen molar-refractivity contribution in [2.45, 2.75) is 18.9 Å². The van der Waals surface area contributed by atoms with E-state index in [1.165, 1.54) is 18.2 Å². The van der Waals surface area contributed by atoms with Crippen molar-refractivity contribution in [2.24, 2.45) is 5.73 Å². The second kappa shape index (κ2) is 4.79. The Morgan fingerprint density at radius 3 is 2.50 bits per heavy atom. The monoisotopic (exact) mass is 267 g/mol. The molecule has 0 saturated carbocycles. The Hall–Kier alpha value is -0.550. The number of benzene rings is 1. The molecule has 0 bridgehead atoms. The highest BCUT2D eigenvalue weighted by molar-refractivity contribution is 9.10. The third kappa shape index (κ3) is 2.99. The molecule has 2 N–H and O–H groups in total. The number of nitrogens with two attached hydrogens (primary N) is 1. The zero-order valence-corrected chi connectivity index (χ0v) is 8.77. The molecular weight excluding hydrogens is 259 g/mol. The van der Waals surface area contributed by atoms with E-state index >= 15 is 0 Å². The van der Waals surface area contributed by atoms with Crippen LogP contribution in [0.3, 0.4) is 0 Å². The number of halogens is 4. The van der Waals surface area contributed by atoms with E-state index in [1.54, 1.807) is 0 Å². The van der Waals surface area contributed by atoms with Crippen LogP contribution in [-0.4, -0.2) is 6.43 Å². The van der Waals surface area contributed by atoms with Gasteiger partial charge in [0.2, 0.25) is 6.43 Å². The molecule has 0 amide bonds. The Morgan fingerprint density at radius 1 is 1.36 bits per heavy atom. The molecule has 1 nitrogen and oxygen atoms in total.